The van der Waals surface area contributed by atoms with Crippen LogP contribution in [0.4, 0.5) is 0 Å². The van der Waals surface area contributed by atoms with Crippen LogP contribution >= 0.6 is 11.6 Å². The van der Waals surface area contributed by atoms with Crippen LogP contribution in [0.25, 0.3) is 0 Å². The van der Waals surface area contributed by atoms with Crippen LogP contribution in [-0.2, 0) is 14.3 Å². The maximum Gasteiger partial charge on any atom is 0.337 e. The monoisotopic (exact) mass is 509 g/mol. The smallest absolute Gasteiger partial charge is 0.337 e. The Hall–Kier alpha value is -3.25. The van der Waals surface area contributed by atoms with Gasteiger partial charge in [-0.05, 0) is 68.0 Å². The van der Waals surface area contributed by atoms with Crippen LogP contribution in [0.3, 0.4) is 0 Å². The van der Waals surface area contributed by atoms with Gasteiger partial charge in [0.2, 0.25) is 0 Å². The Morgan fingerprint density at radius 2 is 1.72 bits per heavy atom. The Balaban J connectivity index is 1.76. The molecule has 1 N–H and O–H groups in total. The lowest BCUT2D eigenvalue weighted by molar-refractivity contribution is -0.144. The van der Waals surface area contributed by atoms with Crippen LogP contribution in [0.5, 0.6) is 11.5 Å². The van der Waals surface area contributed by atoms with E-state index in [1.807, 2.05) is 51.1 Å². The number of ketones is 1. The molecule has 2 aromatic carbocycles. The van der Waals surface area contributed by atoms with Crippen LogP contribution in [0.2, 0.25) is 5.02 Å². The van der Waals surface area contributed by atoms with Gasteiger partial charge in [0.05, 0.1) is 25.9 Å². The summed E-state index contributed by atoms with van der Waals surface area (Å²) < 4.78 is 16.6. The molecule has 4 rings (SSSR count). The normalized spacial score (nSPS) is 20.4. The summed E-state index contributed by atoms with van der Waals surface area (Å²) in [6, 6.07) is 13.1. The van der Waals surface area contributed by atoms with Gasteiger partial charge in [0, 0.05) is 34.3 Å². The SMILES string of the molecule is CC[C@@H](C)OC(=O)C1=C(C)NC2=C(C(=O)C[C@H](c3ccc(OC)c(OC)c3)C2)[C@H]1c1ccc(Cl)cc1. The molecule has 7 heteroatoms. The maximum absolute atomic E-state index is 13.7. The molecule has 36 heavy (non-hydrogen) atoms. The third kappa shape index (κ3) is 5.00. The van der Waals surface area contributed by atoms with E-state index in [0.717, 1.165) is 16.8 Å². The largest absolute Gasteiger partial charge is 0.493 e. The zero-order valence-corrected chi connectivity index (χ0v) is 22.1. The highest BCUT2D eigenvalue weighted by molar-refractivity contribution is 6.30. The molecule has 0 saturated heterocycles. The van der Waals surface area contributed by atoms with E-state index in [9.17, 15) is 9.59 Å². The van der Waals surface area contributed by atoms with Crippen LogP contribution in [0.15, 0.2) is 65.0 Å². The maximum atomic E-state index is 13.7. The highest BCUT2D eigenvalue weighted by Crippen LogP contribution is 2.46. The summed E-state index contributed by atoms with van der Waals surface area (Å²) in [7, 11) is 3.20. The second-order valence-corrected chi connectivity index (χ2v) is 9.74. The van der Waals surface area contributed by atoms with Gasteiger partial charge < -0.3 is 19.5 Å². The molecule has 0 saturated carbocycles. The van der Waals surface area contributed by atoms with Gasteiger partial charge in [-0.15, -0.1) is 0 Å². The zero-order chi connectivity index (χ0) is 26.0. The Morgan fingerprint density at radius 1 is 1.06 bits per heavy atom. The first-order chi connectivity index (χ1) is 17.3. The third-order valence-electron chi connectivity index (χ3n) is 7.01. The summed E-state index contributed by atoms with van der Waals surface area (Å²) in [4.78, 5) is 27.1. The fourth-order valence-corrected chi connectivity index (χ4v) is 5.10. The molecule has 6 nitrogen and oxygen atoms in total. The van der Waals surface area contributed by atoms with Crippen molar-refractivity contribution in [3.05, 3.63) is 81.2 Å². The number of carbonyl (C=O) groups is 2. The topological polar surface area (TPSA) is 73.9 Å². The molecule has 3 atom stereocenters. The van der Waals surface area contributed by atoms with Crippen molar-refractivity contribution < 1.29 is 23.8 Å². The van der Waals surface area contributed by atoms with Gasteiger partial charge in [0.25, 0.3) is 0 Å². The molecule has 0 unspecified atom stereocenters. The van der Waals surface area contributed by atoms with Gasteiger partial charge in [0.15, 0.2) is 17.3 Å². The van der Waals surface area contributed by atoms with Crippen LogP contribution in [-0.4, -0.2) is 32.1 Å². The molecule has 0 bridgehead atoms. The van der Waals surface area contributed by atoms with E-state index in [4.69, 9.17) is 25.8 Å². The molecule has 190 valence electrons. The highest BCUT2D eigenvalue weighted by Gasteiger charge is 2.41. The fraction of sp³-hybridized carbons (Fsp3) is 0.379. The van der Waals surface area contributed by atoms with E-state index in [-0.39, 0.29) is 17.8 Å². The van der Waals surface area contributed by atoms with E-state index >= 15 is 0 Å². The van der Waals surface area contributed by atoms with Crippen molar-refractivity contribution in [3.8, 4) is 11.5 Å². The van der Waals surface area contributed by atoms with Gasteiger partial charge in [-0.2, -0.15) is 0 Å². The summed E-state index contributed by atoms with van der Waals surface area (Å²) in [6.07, 6.45) is 1.44. The molecule has 0 radical (unpaired) electrons. The number of esters is 1. The average Bonchev–Trinajstić information content (AvgIpc) is 2.87. The molecular weight excluding hydrogens is 478 g/mol. The Bertz CT molecular complexity index is 1230. The van der Waals surface area contributed by atoms with Gasteiger partial charge >= 0.3 is 5.97 Å². The first kappa shape index (κ1) is 25.8. The minimum atomic E-state index is -0.520. The number of rotatable bonds is 7. The number of allylic oxidation sites excluding steroid dienone is 3. The van der Waals surface area contributed by atoms with Crippen LogP contribution in [0, 0.1) is 0 Å². The molecule has 0 fully saturated rings. The highest BCUT2D eigenvalue weighted by atomic mass is 35.5. The molecule has 1 aliphatic heterocycles. The van der Waals surface area contributed by atoms with E-state index < -0.39 is 11.9 Å². The molecule has 2 aromatic rings. The second kappa shape index (κ2) is 10.8. The zero-order valence-electron chi connectivity index (χ0n) is 21.3. The van der Waals surface area contributed by atoms with Crippen molar-refractivity contribution in [2.24, 2.45) is 0 Å². The number of hydrogen-bond acceptors (Lipinski definition) is 6. The number of methoxy groups -OCH3 is 2. The molecule has 1 aliphatic carbocycles. The lowest BCUT2D eigenvalue weighted by Crippen LogP contribution is -2.36. The quantitative estimate of drug-likeness (QED) is 0.457. The molecule has 0 amide bonds. The van der Waals surface area contributed by atoms with Gasteiger partial charge in [-0.3, -0.25) is 4.79 Å². The molecular formula is C29H32ClNO5. The van der Waals surface area contributed by atoms with Gasteiger partial charge in [0.1, 0.15) is 0 Å². The number of ether oxygens (including phenoxy) is 3. The predicted molar refractivity (Wildman–Crippen MR) is 139 cm³/mol. The molecule has 1 heterocycles. The molecule has 0 aromatic heterocycles. The van der Waals surface area contributed by atoms with Crippen molar-refractivity contribution in [2.45, 2.75) is 58.0 Å². The van der Waals surface area contributed by atoms with Crippen molar-refractivity contribution in [3.63, 3.8) is 0 Å². The number of carbonyl (C=O) groups excluding carboxylic acids is 2. The fourth-order valence-electron chi connectivity index (χ4n) is 4.97. The Labute approximate surface area is 217 Å². The number of nitrogens with one attached hydrogen (secondary N) is 1. The molecule has 0 spiro atoms. The van der Waals surface area contributed by atoms with E-state index in [1.165, 1.54) is 0 Å². The minimum absolute atomic E-state index is 0.00447. The standard InChI is InChI=1S/C29H32ClNO5/c1-6-16(2)36-29(33)26-17(3)31-22-13-20(19-9-12-24(34-4)25(15-19)35-5)14-23(32)28(22)27(26)18-7-10-21(30)11-8-18/h7-12,15-16,20,27,31H,6,13-14H2,1-5H3/t16-,20-,27+/m1/s1. The summed E-state index contributed by atoms with van der Waals surface area (Å²) in [5.41, 5.74) is 4.46. The van der Waals surface area contributed by atoms with Crippen molar-refractivity contribution in [1.29, 1.82) is 0 Å². The summed E-state index contributed by atoms with van der Waals surface area (Å²) in [5, 5.41) is 3.98. The van der Waals surface area contributed by atoms with E-state index in [0.29, 0.717) is 52.6 Å². The van der Waals surface area contributed by atoms with Crippen molar-refractivity contribution >= 4 is 23.4 Å². The lowest BCUT2D eigenvalue weighted by Gasteiger charge is -2.37. The molecule has 2 aliphatic rings. The Kier molecular flexibility index (Phi) is 7.74. The van der Waals surface area contributed by atoms with Crippen LogP contribution < -0.4 is 14.8 Å². The van der Waals surface area contributed by atoms with Crippen molar-refractivity contribution in [1.82, 2.24) is 5.32 Å². The van der Waals surface area contributed by atoms with E-state index in [1.54, 1.807) is 26.4 Å². The average molecular weight is 510 g/mol. The van der Waals surface area contributed by atoms with Crippen LogP contribution in [0.1, 0.15) is 63.0 Å². The number of benzene rings is 2. The minimum Gasteiger partial charge on any atom is -0.493 e. The summed E-state index contributed by atoms with van der Waals surface area (Å²) in [6.45, 7) is 5.70. The number of dihydropyridines is 1. The lowest BCUT2D eigenvalue weighted by atomic mass is 9.71. The van der Waals surface area contributed by atoms with Gasteiger partial charge in [-0.1, -0.05) is 36.7 Å². The van der Waals surface area contributed by atoms with Gasteiger partial charge in [-0.25, -0.2) is 4.79 Å². The third-order valence-corrected chi connectivity index (χ3v) is 7.26. The summed E-state index contributed by atoms with van der Waals surface area (Å²) in [5.74, 6) is 0.319. The predicted octanol–water partition coefficient (Wildman–Crippen LogP) is 6.06. The number of Topliss-reactive ketones (excluding diaryl/α,β-unsaturated/α-hetero) is 1. The van der Waals surface area contributed by atoms with E-state index in [2.05, 4.69) is 5.32 Å². The first-order valence-electron chi connectivity index (χ1n) is 12.2. The summed E-state index contributed by atoms with van der Waals surface area (Å²) >= 11 is 6.15. The first-order valence-corrected chi connectivity index (χ1v) is 12.6. The number of hydrogen-bond donors (Lipinski definition) is 1. The second-order valence-electron chi connectivity index (χ2n) is 9.31. The Morgan fingerprint density at radius 3 is 2.36 bits per heavy atom. The van der Waals surface area contributed by atoms with Crippen molar-refractivity contribution in [2.75, 3.05) is 14.2 Å². The number of halogens is 1.